The van der Waals surface area contributed by atoms with E-state index < -0.39 is 77.6 Å². The molecule has 3 heterocycles. The molecule has 0 aromatic heterocycles. The lowest BCUT2D eigenvalue weighted by molar-refractivity contribution is -0.162. The summed E-state index contributed by atoms with van der Waals surface area (Å²) in [5.74, 6) is -1.77. The lowest BCUT2D eigenvalue weighted by Crippen LogP contribution is -2.63. The van der Waals surface area contributed by atoms with Crippen molar-refractivity contribution in [1.29, 1.82) is 0 Å². The van der Waals surface area contributed by atoms with Gasteiger partial charge in [0.05, 0.1) is 37.2 Å². The van der Waals surface area contributed by atoms with Gasteiger partial charge in [-0.15, -0.1) is 0 Å². The van der Waals surface area contributed by atoms with Gasteiger partial charge in [-0.3, -0.25) is 38.9 Å². The first-order valence-electron chi connectivity index (χ1n) is 23.8. The Balaban J connectivity index is 1.29. The maximum absolute atomic E-state index is 13.7. The van der Waals surface area contributed by atoms with Crippen LogP contribution >= 0.6 is 23.5 Å². The molecule has 9 unspecified atom stereocenters. The van der Waals surface area contributed by atoms with Gasteiger partial charge in [0, 0.05) is 58.7 Å². The molecular formula is C49H73ClN6O13S. The number of amides is 6. The van der Waals surface area contributed by atoms with Gasteiger partial charge in [0.2, 0.25) is 29.5 Å². The first-order valence-corrected chi connectivity index (χ1v) is 25.2. The van der Waals surface area contributed by atoms with Crippen molar-refractivity contribution in [3.63, 3.8) is 0 Å². The predicted octanol–water partition coefficient (Wildman–Crippen LogP) is 4.37. The number of cyclic esters (lactones) is 1. The molecule has 70 heavy (non-hydrogen) atoms. The lowest BCUT2D eigenvalue weighted by atomic mass is 9.83. The van der Waals surface area contributed by atoms with Gasteiger partial charge in [-0.25, -0.2) is 9.59 Å². The summed E-state index contributed by atoms with van der Waals surface area (Å²) in [6, 6.07) is 3.81. The second-order valence-electron chi connectivity index (χ2n) is 18.7. The van der Waals surface area contributed by atoms with Crippen molar-refractivity contribution in [3.8, 4) is 5.75 Å². The van der Waals surface area contributed by atoms with Gasteiger partial charge in [0.15, 0.2) is 5.72 Å². The number of nitrogens with zero attached hydrogens (tertiary/aromatic N) is 2. The number of ether oxygens (including phenoxy) is 5. The highest BCUT2D eigenvalue weighted by Crippen LogP contribution is 2.49. The Hall–Kier alpha value is -4.73. The molecule has 3 saturated heterocycles. The topological polar surface area (TPSA) is 244 Å². The number of benzene rings is 1. The van der Waals surface area contributed by atoms with Gasteiger partial charge in [0.1, 0.15) is 35.7 Å². The molecule has 9 atom stereocenters. The zero-order valence-electron chi connectivity index (χ0n) is 42.1. The van der Waals surface area contributed by atoms with E-state index in [4.69, 9.17) is 35.3 Å². The molecule has 21 heteroatoms. The summed E-state index contributed by atoms with van der Waals surface area (Å²) in [7, 11) is 5.81. The van der Waals surface area contributed by atoms with Gasteiger partial charge in [0.25, 0.3) is 0 Å². The van der Waals surface area contributed by atoms with Gasteiger partial charge >= 0.3 is 12.1 Å². The molecular weight excluding hydrogens is 948 g/mol. The number of likely N-dealkylation sites (tertiary alicyclic amines) is 1. The fourth-order valence-corrected chi connectivity index (χ4v) is 9.67. The maximum Gasteiger partial charge on any atom is 0.409 e. The number of rotatable bonds is 28. The molecule has 390 valence electrons. The molecule has 0 radical (unpaired) electrons. The lowest BCUT2D eigenvalue weighted by Gasteiger charge is -2.42. The maximum atomic E-state index is 13.7. The first-order chi connectivity index (χ1) is 33.1. The van der Waals surface area contributed by atoms with E-state index in [0.717, 1.165) is 47.5 Å². The minimum Gasteiger partial charge on any atom is -0.495 e. The van der Waals surface area contributed by atoms with Crippen LogP contribution in [0.3, 0.4) is 0 Å². The van der Waals surface area contributed by atoms with E-state index in [2.05, 4.69) is 20.7 Å². The summed E-state index contributed by atoms with van der Waals surface area (Å²) in [4.78, 5) is 92.1. The fraction of sp³-hybridized carbons (Fsp3) is 0.653. The molecule has 19 nitrogen and oxygen atoms in total. The Kier molecular flexibility index (Phi) is 22.0. The van der Waals surface area contributed by atoms with Crippen LogP contribution < -0.4 is 25.4 Å². The van der Waals surface area contributed by atoms with E-state index in [0.29, 0.717) is 36.6 Å². The number of methoxy groups -OCH3 is 2. The first kappa shape index (κ1) is 57.8. The SMILES string of the molecule is CNC(=O)CC(OC(=O)C(C)N(C)C(=O)CNC(=O)C(NSCCCCCCN1C(=O)CCC1=O)C(C)C)C1(C)OC1C(C)C1CC(O)(C(/C=C/C=C(\C)Cc2ccc(Cl)c(OC)c2)OC)NC(=O)O1. The number of hydrogen-bond donors (Lipinski definition) is 5. The van der Waals surface area contributed by atoms with Crippen LogP contribution in [0.15, 0.2) is 42.0 Å². The molecule has 6 amide bonds. The van der Waals surface area contributed by atoms with Crippen LogP contribution in [-0.2, 0) is 54.1 Å². The van der Waals surface area contributed by atoms with Gasteiger partial charge in [-0.05, 0) is 63.6 Å². The smallest absolute Gasteiger partial charge is 0.409 e. The number of carbonyl (C=O) groups excluding carboxylic acids is 7. The molecule has 4 rings (SSSR count). The third-order valence-corrected chi connectivity index (χ3v) is 14.3. The van der Waals surface area contributed by atoms with Crippen LogP contribution in [0.1, 0.15) is 98.5 Å². The number of hydrogen-bond acceptors (Lipinski definition) is 15. The summed E-state index contributed by atoms with van der Waals surface area (Å²) in [5, 5.41) is 20.1. The highest BCUT2D eigenvalue weighted by atomic mass is 35.5. The van der Waals surface area contributed by atoms with Crippen molar-refractivity contribution in [2.24, 2.45) is 11.8 Å². The number of likely N-dealkylation sites (N-methyl/N-ethyl adjacent to an activating group) is 1. The second kappa shape index (κ2) is 26.6. The molecule has 3 aliphatic heterocycles. The summed E-state index contributed by atoms with van der Waals surface area (Å²) in [6.07, 6.45) is 4.86. The van der Waals surface area contributed by atoms with E-state index in [1.54, 1.807) is 39.2 Å². The van der Waals surface area contributed by atoms with Crippen LogP contribution in [0.5, 0.6) is 5.75 Å². The predicted molar refractivity (Wildman–Crippen MR) is 263 cm³/mol. The molecule has 1 aromatic carbocycles. The Bertz CT molecular complexity index is 2080. The monoisotopic (exact) mass is 1020 g/mol. The zero-order chi connectivity index (χ0) is 51.9. The second-order valence-corrected chi connectivity index (χ2v) is 20.1. The van der Waals surface area contributed by atoms with Crippen molar-refractivity contribution < 1.29 is 62.4 Å². The summed E-state index contributed by atoms with van der Waals surface area (Å²) < 4.78 is 32.0. The van der Waals surface area contributed by atoms with Crippen LogP contribution in [0.2, 0.25) is 5.02 Å². The number of epoxide rings is 1. The Labute approximate surface area is 421 Å². The molecule has 0 saturated carbocycles. The Morgan fingerprint density at radius 3 is 2.40 bits per heavy atom. The largest absolute Gasteiger partial charge is 0.495 e. The highest BCUT2D eigenvalue weighted by molar-refractivity contribution is 7.97. The summed E-state index contributed by atoms with van der Waals surface area (Å²) >= 11 is 7.59. The molecule has 5 N–H and O–H groups in total. The number of imide groups is 1. The quantitative estimate of drug-likeness (QED) is 0.0196. The average molecular weight is 1020 g/mol. The standard InChI is InChI=1S/C49H73ClN6O13S/c1-29(2)43(54-70-23-14-12-11-13-22-56-40(58)20-21-41(56)59)45(61)52-28-42(60)55(8)32(5)46(62)68-38(26-39(57)51-7)48(6)44(69-48)31(4)36-27-49(64,53-47(63)67-36)37(66-10)17-15-16-30(3)24-33-18-19-34(50)35(25-33)65-9/h15-19,25,29,31-32,36-38,43-44,54,64H,11-14,20-24,26-28H2,1-10H3,(H,51,57)(H,52,61)(H,53,63)/b17-15+,30-16+. The number of nitrogens with one attached hydrogen (secondary N) is 4. The van der Waals surface area contributed by atoms with Crippen molar-refractivity contribution in [1.82, 2.24) is 30.5 Å². The van der Waals surface area contributed by atoms with Crippen molar-refractivity contribution in [3.05, 3.63) is 52.6 Å². The highest BCUT2D eigenvalue weighted by Gasteiger charge is 2.64. The number of esters is 1. The molecule has 0 spiro atoms. The third-order valence-electron chi connectivity index (χ3n) is 13.1. The van der Waals surface area contributed by atoms with E-state index in [9.17, 15) is 38.7 Å². The van der Waals surface area contributed by atoms with Crippen LogP contribution in [-0.4, -0.2) is 151 Å². The normalized spacial score (nSPS) is 23.5. The third kappa shape index (κ3) is 15.9. The van der Waals surface area contributed by atoms with Crippen LogP contribution in [0.25, 0.3) is 0 Å². The molecule has 0 bridgehead atoms. The van der Waals surface area contributed by atoms with E-state index in [1.807, 2.05) is 39.0 Å². The van der Waals surface area contributed by atoms with E-state index >= 15 is 0 Å². The average Bonchev–Trinajstić information content (AvgIpc) is 3.92. The summed E-state index contributed by atoms with van der Waals surface area (Å²) in [6.45, 7) is 10.7. The van der Waals surface area contributed by atoms with Crippen LogP contribution in [0, 0.1) is 11.8 Å². The number of halogens is 1. The van der Waals surface area contributed by atoms with Crippen molar-refractivity contribution in [2.45, 2.75) is 147 Å². The minimum atomic E-state index is -1.88. The van der Waals surface area contributed by atoms with Gasteiger partial charge < -0.3 is 44.3 Å². The van der Waals surface area contributed by atoms with Gasteiger partial charge in [-0.2, -0.15) is 0 Å². The molecule has 3 aliphatic rings. The van der Waals surface area contributed by atoms with Crippen molar-refractivity contribution >= 4 is 65.1 Å². The number of allylic oxidation sites excluding steroid dienone is 3. The molecule has 1 aromatic rings. The number of aliphatic hydroxyl groups is 1. The molecule has 3 fully saturated rings. The van der Waals surface area contributed by atoms with Gasteiger partial charge in [-0.1, -0.05) is 87.0 Å². The van der Waals surface area contributed by atoms with E-state index in [-0.39, 0.29) is 43.0 Å². The molecule has 0 aliphatic carbocycles. The van der Waals surface area contributed by atoms with Crippen molar-refractivity contribution in [2.75, 3.05) is 47.2 Å². The number of carbonyl (C=O) groups is 7. The fourth-order valence-electron chi connectivity index (χ4n) is 8.45. The minimum absolute atomic E-state index is 0.102. The number of alkyl carbamates (subject to hydrolysis) is 1. The Morgan fingerprint density at radius 1 is 1.07 bits per heavy atom. The zero-order valence-corrected chi connectivity index (χ0v) is 43.7. The number of unbranched alkanes of at least 4 members (excludes halogenated alkanes) is 3. The van der Waals surface area contributed by atoms with Crippen LogP contribution in [0.4, 0.5) is 4.79 Å². The Morgan fingerprint density at radius 2 is 1.76 bits per heavy atom. The van der Waals surface area contributed by atoms with E-state index in [1.165, 1.54) is 45.0 Å². The summed E-state index contributed by atoms with van der Waals surface area (Å²) in [5.41, 5.74) is -1.13.